The van der Waals surface area contributed by atoms with Gasteiger partial charge in [-0.25, -0.2) is 0 Å². The maximum absolute atomic E-state index is 9.58. The first-order valence-electron chi connectivity index (χ1n) is 5.64. The number of hydrogen-bond donors (Lipinski definition) is 1. The number of nitriles is 1. The van der Waals surface area contributed by atoms with Gasteiger partial charge in [0.2, 0.25) is 0 Å². The Morgan fingerprint density at radius 2 is 1.63 bits per heavy atom. The summed E-state index contributed by atoms with van der Waals surface area (Å²) >= 11 is 12.3. The van der Waals surface area contributed by atoms with Gasteiger partial charge < -0.3 is 5.11 Å². The fourth-order valence-electron chi connectivity index (χ4n) is 2.07. The van der Waals surface area contributed by atoms with Crippen molar-refractivity contribution >= 4 is 23.2 Å². The van der Waals surface area contributed by atoms with Crippen LogP contribution in [0.5, 0.6) is 5.75 Å². The van der Waals surface area contributed by atoms with Crippen LogP contribution in [0.1, 0.15) is 18.1 Å². The number of phenols is 1. The summed E-state index contributed by atoms with van der Waals surface area (Å²) in [5, 5.41) is 19.6. The largest absolute Gasteiger partial charge is 0.508 e. The summed E-state index contributed by atoms with van der Waals surface area (Å²) in [7, 11) is 0. The molecule has 2 aromatic rings. The van der Waals surface area contributed by atoms with E-state index in [1.807, 2.05) is 30.3 Å². The van der Waals surface area contributed by atoms with Gasteiger partial charge in [0.05, 0.1) is 16.1 Å². The molecule has 0 radical (unpaired) electrons. The molecule has 0 saturated heterocycles. The van der Waals surface area contributed by atoms with Gasteiger partial charge in [-0.1, -0.05) is 53.5 Å². The number of halogens is 2. The first kappa shape index (κ1) is 13.7. The monoisotopic (exact) mass is 291 g/mol. The van der Waals surface area contributed by atoms with Crippen LogP contribution < -0.4 is 0 Å². The minimum Gasteiger partial charge on any atom is -0.508 e. The molecule has 2 aromatic carbocycles. The van der Waals surface area contributed by atoms with Crippen LogP contribution >= 0.6 is 23.2 Å². The highest BCUT2D eigenvalue weighted by molar-refractivity contribution is 6.36. The van der Waals surface area contributed by atoms with Crippen molar-refractivity contribution in [1.29, 1.82) is 5.26 Å². The molecule has 1 atom stereocenters. The molecule has 19 heavy (non-hydrogen) atoms. The highest BCUT2D eigenvalue weighted by atomic mass is 35.5. The molecule has 0 heterocycles. The van der Waals surface area contributed by atoms with Gasteiger partial charge in [0.25, 0.3) is 0 Å². The second-order valence-electron chi connectivity index (χ2n) is 4.39. The molecule has 0 aliphatic rings. The van der Waals surface area contributed by atoms with Crippen LogP contribution in [0.15, 0.2) is 42.5 Å². The predicted octanol–water partition coefficient (Wildman–Crippen LogP) is 4.53. The lowest BCUT2D eigenvalue weighted by atomic mass is 9.77. The van der Waals surface area contributed by atoms with Crippen LogP contribution in [0.25, 0.3) is 0 Å². The van der Waals surface area contributed by atoms with Crippen LogP contribution in [0.3, 0.4) is 0 Å². The molecular weight excluding hydrogens is 281 g/mol. The van der Waals surface area contributed by atoms with Crippen molar-refractivity contribution in [2.45, 2.75) is 12.3 Å². The van der Waals surface area contributed by atoms with E-state index in [1.165, 1.54) is 12.1 Å². The quantitative estimate of drug-likeness (QED) is 0.883. The zero-order valence-corrected chi connectivity index (χ0v) is 11.7. The Labute approximate surface area is 121 Å². The first-order chi connectivity index (χ1) is 8.99. The third-order valence-corrected chi connectivity index (χ3v) is 3.70. The summed E-state index contributed by atoms with van der Waals surface area (Å²) in [5.74, 6) is -0.0212. The lowest BCUT2D eigenvalue weighted by molar-refractivity contribution is 0.475. The molecule has 2 nitrogen and oxygen atoms in total. The average Bonchev–Trinajstić information content (AvgIpc) is 2.38. The SMILES string of the molecule is CC(C#N)(c1ccccc1)c1c(Cl)cc(O)cc1Cl. The number of aromatic hydroxyl groups is 1. The van der Waals surface area contributed by atoms with E-state index >= 15 is 0 Å². The predicted molar refractivity (Wildman–Crippen MR) is 76.6 cm³/mol. The van der Waals surface area contributed by atoms with E-state index in [0.29, 0.717) is 5.56 Å². The van der Waals surface area contributed by atoms with Crippen molar-refractivity contribution in [2.24, 2.45) is 0 Å². The number of nitrogens with zero attached hydrogens (tertiary/aromatic N) is 1. The van der Waals surface area contributed by atoms with E-state index in [0.717, 1.165) is 5.56 Å². The first-order valence-corrected chi connectivity index (χ1v) is 6.40. The fraction of sp³-hybridized carbons (Fsp3) is 0.133. The third-order valence-electron chi connectivity index (χ3n) is 3.10. The molecule has 0 spiro atoms. The van der Waals surface area contributed by atoms with E-state index < -0.39 is 5.41 Å². The van der Waals surface area contributed by atoms with Crippen molar-refractivity contribution in [2.75, 3.05) is 0 Å². The molecule has 0 saturated carbocycles. The van der Waals surface area contributed by atoms with E-state index in [9.17, 15) is 10.4 Å². The molecule has 96 valence electrons. The molecule has 2 rings (SSSR count). The van der Waals surface area contributed by atoms with Gasteiger partial charge in [-0.3, -0.25) is 0 Å². The standard InChI is InChI=1S/C15H11Cl2NO/c1-15(9-18,10-5-3-2-4-6-10)14-12(16)7-11(19)8-13(14)17/h2-8,19H,1H3. The summed E-state index contributed by atoms with van der Waals surface area (Å²) in [5.41, 5.74) is 0.331. The second kappa shape index (κ2) is 5.13. The lowest BCUT2D eigenvalue weighted by Gasteiger charge is -2.25. The Hall–Kier alpha value is -1.69. The highest BCUT2D eigenvalue weighted by Gasteiger charge is 2.33. The molecule has 0 aliphatic carbocycles. The highest BCUT2D eigenvalue weighted by Crippen LogP contribution is 2.41. The maximum Gasteiger partial charge on any atom is 0.118 e. The zero-order valence-electron chi connectivity index (χ0n) is 10.2. The zero-order chi connectivity index (χ0) is 14.0. The van der Waals surface area contributed by atoms with E-state index in [-0.39, 0.29) is 15.8 Å². The van der Waals surface area contributed by atoms with Crippen LogP contribution in [0.2, 0.25) is 10.0 Å². The number of hydrogen-bond acceptors (Lipinski definition) is 2. The summed E-state index contributed by atoms with van der Waals surface area (Å²) in [4.78, 5) is 0. The molecular formula is C15H11Cl2NO. The molecule has 0 aliphatic heterocycles. The van der Waals surface area contributed by atoms with Crippen molar-refractivity contribution in [3.8, 4) is 11.8 Å². The Kier molecular flexibility index (Phi) is 3.71. The van der Waals surface area contributed by atoms with Crippen molar-refractivity contribution in [1.82, 2.24) is 0 Å². The van der Waals surface area contributed by atoms with Gasteiger partial charge in [0, 0.05) is 5.56 Å². The van der Waals surface area contributed by atoms with Crippen LogP contribution in [0, 0.1) is 11.3 Å². The van der Waals surface area contributed by atoms with Crippen molar-refractivity contribution < 1.29 is 5.11 Å². The van der Waals surface area contributed by atoms with Crippen molar-refractivity contribution in [3.05, 3.63) is 63.6 Å². The minimum atomic E-state index is -0.969. The number of phenolic OH excluding ortho intramolecular Hbond substituents is 1. The van der Waals surface area contributed by atoms with Gasteiger partial charge >= 0.3 is 0 Å². The van der Waals surface area contributed by atoms with E-state index in [4.69, 9.17) is 23.2 Å². The molecule has 1 unspecified atom stereocenters. The van der Waals surface area contributed by atoms with Gasteiger partial charge in [0.15, 0.2) is 0 Å². The maximum atomic E-state index is 9.58. The third kappa shape index (κ3) is 2.40. The molecule has 0 amide bonds. The molecule has 0 fully saturated rings. The summed E-state index contributed by atoms with van der Waals surface area (Å²) in [6.45, 7) is 1.76. The Balaban J connectivity index is 2.71. The second-order valence-corrected chi connectivity index (χ2v) is 5.20. The molecule has 4 heteroatoms. The van der Waals surface area contributed by atoms with Crippen LogP contribution in [-0.4, -0.2) is 5.11 Å². The van der Waals surface area contributed by atoms with Gasteiger partial charge in [-0.2, -0.15) is 5.26 Å². The van der Waals surface area contributed by atoms with E-state index in [1.54, 1.807) is 6.92 Å². The van der Waals surface area contributed by atoms with Gasteiger partial charge in [-0.05, 0) is 24.6 Å². The molecule has 1 N–H and O–H groups in total. The normalized spacial score (nSPS) is 13.6. The Morgan fingerprint density at radius 3 is 2.11 bits per heavy atom. The fourth-order valence-corrected chi connectivity index (χ4v) is 2.93. The smallest absolute Gasteiger partial charge is 0.118 e. The number of rotatable bonds is 2. The Morgan fingerprint density at radius 1 is 1.11 bits per heavy atom. The topological polar surface area (TPSA) is 44.0 Å². The lowest BCUT2D eigenvalue weighted by Crippen LogP contribution is -2.22. The van der Waals surface area contributed by atoms with Gasteiger partial charge in [-0.15, -0.1) is 0 Å². The summed E-state index contributed by atoms with van der Waals surface area (Å²) in [6, 6.07) is 14.3. The minimum absolute atomic E-state index is 0.0212. The Bertz CT molecular complexity index is 626. The van der Waals surface area contributed by atoms with Crippen molar-refractivity contribution in [3.63, 3.8) is 0 Å². The molecule has 0 aromatic heterocycles. The van der Waals surface area contributed by atoms with Gasteiger partial charge in [0.1, 0.15) is 11.2 Å². The molecule has 0 bridgehead atoms. The average molecular weight is 292 g/mol. The van der Waals surface area contributed by atoms with Crippen LogP contribution in [-0.2, 0) is 5.41 Å². The van der Waals surface area contributed by atoms with E-state index in [2.05, 4.69) is 6.07 Å². The number of benzene rings is 2. The summed E-state index contributed by atoms with van der Waals surface area (Å²) < 4.78 is 0. The summed E-state index contributed by atoms with van der Waals surface area (Å²) in [6.07, 6.45) is 0. The van der Waals surface area contributed by atoms with Crippen LogP contribution in [0.4, 0.5) is 0 Å².